The minimum Gasteiger partial charge on any atom is -0.307 e. The summed E-state index contributed by atoms with van der Waals surface area (Å²) >= 11 is 0. The highest BCUT2D eigenvalue weighted by Gasteiger charge is 2.64. The molecule has 0 radical (unpaired) electrons. The predicted molar refractivity (Wildman–Crippen MR) is 94.0 cm³/mol. The van der Waals surface area contributed by atoms with E-state index in [9.17, 15) is 9.13 Å². The third kappa shape index (κ3) is 4.00. The standard InChI is InChI=1S/C15H27NO6P2/c1-5-19-23(17,20-6-2)15(16,14-12-10-9-11-13-14)24(18,21-7-3)22-8-4/h9-13H,5-8,16H2,1-4H3. The second kappa shape index (κ2) is 9.25. The lowest BCUT2D eigenvalue weighted by atomic mass is 10.2. The van der Waals surface area contributed by atoms with Crippen LogP contribution >= 0.6 is 15.2 Å². The fourth-order valence-electron chi connectivity index (χ4n) is 2.30. The smallest absolute Gasteiger partial charge is 0.307 e. The maximum atomic E-state index is 13.5. The maximum absolute atomic E-state index is 13.5. The summed E-state index contributed by atoms with van der Waals surface area (Å²) in [5.41, 5.74) is 6.80. The van der Waals surface area contributed by atoms with Crippen molar-refractivity contribution in [3.8, 4) is 0 Å². The van der Waals surface area contributed by atoms with Gasteiger partial charge in [0, 0.05) is 0 Å². The van der Waals surface area contributed by atoms with Crippen LogP contribution in [0.2, 0.25) is 0 Å². The average Bonchev–Trinajstić information content (AvgIpc) is 2.55. The van der Waals surface area contributed by atoms with Crippen LogP contribution in [0.4, 0.5) is 0 Å². The van der Waals surface area contributed by atoms with Gasteiger partial charge in [-0.15, -0.1) is 0 Å². The Morgan fingerprint density at radius 3 is 1.42 bits per heavy atom. The van der Waals surface area contributed by atoms with Gasteiger partial charge in [-0.05, 0) is 33.3 Å². The highest BCUT2D eigenvalue weighted by molar-refractivity contribution is 7.73. The molecular formula is C15H27NO6P2. The molecule has 0 amide bonds. The van der Waals surface area contributed by atoms with Crippen LogP contribution in [0.1, 0.15) is 33.3 Å². The molecule has 0 fully saturated rings. The molecule has 0 saturated carbocycles. The van der Waals surface area contributed by atoms with Gasteiger partial charge in [0.1, 0.15) is 0 Å². The summed E-state index contributed by atoms with van der Waals surface area (Å²) in [7, 11) is -8.16. The highest BCUT2D eigenvalue weighted by Crippen LogP contribution is 2.79. The summed E-state index contributed by atoms with van der Waals surface area (Å²) in [5.74, 6) is 0. The molecule has 9 heteroatoms. The summed E-state index contributed by atoms with van der Waals surface area (Å²) in [6.07, 6.45) is 0. The lowest BCUT2D eigenvalue weighted by Crippen LogP contribution is -2.39. The summed E-state index contributed by atoms with van der Waals surface area (Å²) in [5, 5.41) is -2.07. The van der Waals surface area contributed by atoms with Gasteiger partial charge in [-0.3, -0.25) is 9.13 Å². The number of nitrogens with two attached hydrogens (primary N) is 1. The van der Waals surface area contributed by atoms with Crippen molar-refractivity contribution in [1.29, 1.82) is 0 Å². The van der Waals surface area contributed by atoms with Crippen molar-refractivity contribution < 1.29 is 27.2 Å². The lowest BCUT2D eigenvalue weighted by molar-refractivity contribution is 0.177. The van der Waals surface area contributed by atoms with Crippen LogP contribution < -0.4 is 5.73 Å². The van der Waals surface area contributed by atoms with Crippen molar-refractivity contribution in [1.82, 2.24) is 0 Å². The van der Waals surface area contributed by atoms with Crippen LogP contribution in [0.25, 0.3) is 0 Å². The Bertz CT molecular complexity index is 545. The minimum atomic E-state index is -4.08. The van der Waals surface area contributed by atoms with Gasteiger partial charge in [0.25, 0.3) is 0 Å². The summed E-state index contributed by atoms with van der Waals surface area (Å²) < 4.78 is 48.7. The molecule has 0 aliphatic rings. The van der Waals surface area contributed by atoms with E-state index in [4.69, 9.17) is 23.8 Å². The van der Waals surface area contributed by atoms with Crippen molar-refractivity contribution in [2.45, 2.75) is 32.7 Å². The van der Waals surface area contributed by atoms with E-state index in [2.05, 4.69) is 0 Å². The van der Waals surface area contributed by atoms with Crippen molar-refractivity contribution in [2.24, 2.45) is 5.73 Å². The van der Waals surface area contributed by atoms with Crippen molar-refractivity contribution in [3.05, 3.63) is 35.9 Å². The first-order valence-corrected chi connectivity index (χ1v) is 11.1. The Morgan fingerprint density at radius 1 is 0.792 bits per heavy atom. The van der Waals surface area contributed by atoms with Crippen molar-refractivity contribution >= 4 is 15.2 Å². The van der Waals surface area contributed by atoms with Crippen LogP contribution in [-0.2, 0) is 32.2 Å². The van der Waals surface area contributed by atoms with E-state index in [0.717, 1.165) is 0 Å². The molecular weight excluding hydrogens is 352 g/mol. The third-order valence-corrected chi connectivity index (χ3v) is 9.28. The average molecular weight is 379 g/mol. The first-order valence-electron chi connectivity index (χ1n) is 7.98. The zero-order chi connectivity index (χ0) is 18.3. The molecule has 0 bridgehead atoms. The molecule has 0 atom stereocenters. The highest BCUT2D eigenvalue weighted by atomic mass is 31.2. The fraction of sp³-hybridized carbons (Fsp3) is 0.600. The van der Waals surface area contributed by atoms with Gasteiger partial charge < -0.3 is 23.8 Å². The normalized spacial score (nSPS) is 13.2. The third-order valence-electron chi connectivity index (χ3n) is 3.23. The van der Waals surface area contributed by atoms with E-state index in [0.29, 0.717) is 5.56 Å². The maximum Gasteiger partial charge on any atom is 0.367 e. The lowest BCUT2D eigenvalue weighted by Gasteiger charge is -2.39. The molecule has 1 rings (SSSR count). The Balaban J connectivity index is 3.68. The Labute approximate surface area is 143 Å². The molecule has 0 aliphatic carbocycles. The topological polar surface area (TPSA) is 97.1 Å². The molecule has 24 heavy (non-hydrogen) atoms. The minimum absolute atomic E-state index is 0.0707. The first kappa shape index (κ1) is 21.5. The van der Waals surface area contributed by atoms with E-state index < -0.39 is 20.2 Å². The molecule has 138 valence electrons. The van der Waals surface area contributed by atoms with Crippen molar-refractivity contribution in [2.75, 3.05) is 26.4 Å². The molecule has 0 aliphatic heterocycles. The molecule has 0 unspecified atom stereocenters. The van der Waals surface area contributed by atoms with E-state index in [1.807, 2.05) is 0 Å². The summed E-state index contributed by atoms with van der Waals surface area (Å²) in [6.45, 7) is 6.91. The second-order valence-electron chi connectivity index (χ2n) is 4.76. The number of benzene rings is 1. The van der Waals surface area contributed by atoms with Gasteiger partial charge in [-0.2, -0.15) is 0 Å². The zero-order valence-corrected chi connectivity index (χ0v) is 16.4. The Kier molecular flexibility index (Phi) is 8.30. The number of hydrogen-bond acceptors (Lipinski definition) is 7. The van der Waals surface area contributed by atoms with E-state index in [1.165, 1.54) is 0 Å². The van der Waals surface area contributed by atoms with Crippen LogP contribution in [0.3, 0.4) is 0 Å². The van der Waals surface area contributed by atoms with Crippen LogP contribution in [0.5, 0.6) is 0 Å². The quantitative estimate of drug-likeness (QED) is 0.573. The van der Waals surface area contributed by atoms with Crippen LogP contribution in [0.15, 0.2) is 30.3 Å². The van der Waals surface area contributed by atoms with Gasteiger partial charge in [-0.1, -0.05) is 30.3 Å². The zero-order valence-electron chi connectivity index (χ0n) is 14.6. The molecule has 7 nitrogen and oxygen atoms in total. The molecule has 0 aromatic heterocycles. The molecule has 1 aromatic rings. The van der Waals surface area contributed by atoms with Gasteiger partial charge in [0.2, 0.25) is 5.02 Å². The molecule has 0 spiro atoms. The number of rotatable bonds is 11. The summed E-state index contributed by atoms with van der Waals surface area (Å²) in [4.78, 5) is 0. The van der Waals surface area contributed by atoms with Crippen LogP contribution in [0, 0.1) is 0 Å². The fourth-order valence-corrected chi connectivity index (χ4v) is 7.42. The van der Waals surface area contributed by atoms with Crippen molar-refractivity contribution in [3.63, 3.8) is 0 Å². The summed E-state index contributed by atoms with van der Waals surface area (Å²) in [6, 6.07) is 8.37. The largest absolute Gasteiger partial charge is 0.367 e. The molecule has 2 N–H and O–H groups in total. The first-order chi connectivity index (χ1) is 11.3. The Hall–Kier alpha value is -0.520. The van der Waals surface area contributed by atoms with E-state index in [1.54, 1.807) is 58.0 Å². The molecule has 0 saturated heterocycles. The van der Waals surface area contributed by atoms with Gasteiger partial charge in [0.15, 0.2) is 0 Å². The SMILES string of the molecule is CCOP(=O)(OCC)C(N)(c1ccccc1)P(=O)(OCC)OCC. The van der Waals surface area contributed by atoms with E-state index in [-0.39, 0.29) is 26.4 Å². The van der Waals surface area contributed by atoms with E-state index >= 15 is 0 Å². The second-order valence-corrected chi connectivity index (χ2v) is 9.54. The number of hydrogen-bond donors (Lipinski definition) is 1. The monoisotopic (exact) mass is 379 g/mol. The van der Waals surface area contributed by atoms with Gasteiger partial charge >= 0.3 is 15.2 Å². The Morgan fingerprint density at radius 2 is 1.12 bits per heavy atom. The molecule has 0 heterocycles. The van der Waals surface area contributed by atoms with Gasteiger partial charge in [-0.25, -0.2) is 0 Å². The van der Waals surface area contributed by atoms with Gasteiger partial charge in [0.05, 0.1) is 26.4 Å². The predicted octanol–water partition coefficient (Wildman–Crippen LogP) is 4.29. The molecule has 1 aromatic carbocycles. The van der Waals surface area contributed by atoms with Crippen LogP contribution in [-0.4, -0.2) is 26.4 Å².